The number of benzene rings is 1. The van der Waals surface area contributed by atoms with Crippen LogP contribution in [-0.2, 0) is 14.3 Å². The number of hydrogen-bond donors (Lipinski definition) is 1. The van der Waals surface area contributed by atoms with Gasteiger partial charge >= 0.3 is 6.09 Å². The summed E-state index contributed by atoms with van der Waals surface area (Å²) < 4.78 is 20.3. The van der Waals surface area contributed by atoms with Gasteiger partial charge in [0.1, 0.15) is 11.9 Å². The Morgan fingerprint density at radius 1 is 1.24 bits per heavy atom. The minimum Gasteiger partial charge on any atom is -0.442 e. The topological polar surface area (TPSA) is 79.0 Å². The number of Topliss-reactive ketones (excluding diaryl/α,β-unsaturated/α-hetero) is 1. The largest absolute Gasteiger partial charge is 0.442 e. The predicted molar refractivity (Wildman–Crippen MR) is 146 cm³/mol. The molecule has 2 heterocycles. The van der Waals surface area contributed by atoms with E-state index in [0.29, 0.717) is 30.0 Å². The lowest BCUT2D eigenvalue weighted by Crippen LogP contribution is -2.36. The van der Waals surface area contributed by atoms with Gasteiger partial charge in [0, 0.05) is 43.0 Å². The van der Waals surface area contributed by atoms with E-state index in [2.05, 4.69) is 25.2 Å². The molecule has 0 aromatic heterocycles. The number of allylic oxidation sites excluding steroid dienone is 4. The van der Waals surface area contributed by atoms with E-state index >= 15 is 0 Å². The highest BCUT2D eigenvalue weighted by atomic mass is 32.2. The molecule has 1 aliphatic carbocycles. The lowest BCUT2D eigenvalue weighted by molar-refractivity contribution is -0.124. The highest BCUT2D eigenvalue weighted by Crippen LogP contribution is 2.37. The molecule has 7 nitrogen and oxygen atoms in total. The van der Waals surface area contributed by atoms with Crippen LogP contribution in [0, 0.1) is 11.2 Å². The second-order valence-corrected chi connectivity index (χ2v) is 11.5. The summed E-state index contributed by atoms with van der Waals surface area (Å²) in [6.07, 6.45) is 4.94. The maximum absolute atomic E-state index is 14.8. The van der Waals surface area contributed by atoms with Crippen molar-refractivity contribution in [3.63, 3.8) is 0 Å². The molecule has 1 N–H and O–H groups in total. The van der Waals surface area contributed by atoms with Gasteiger partial charge in [-0.05, 0) is 37.3 Å². The van der Waals surface area contributed by atoms with Gasteiger partial charge in [-0.2, -0.15) is 11.8 Å². The molecule has 2 atom stereocenters. The second kappa shape index (κ2) is 11.7. The summed E-state index contributed by atoms with van der Waals surface area (Å²) in [5.41, 5.74) is 2.76. The van der Waals surface area contributed by atoms with Gasteiger partial charge in [0.25, 0.3) is 0 Å². The number of hydrogen-bond acceptors (Lipinski definition) is 6. The number of carbonyl (C=O) groups is 3. The van der Waals surface area contributed by atoms with Gasteiger partial charge in [-0.25, -0.2) is 9.18 Å². The van der Waals surface area contributed by atoms with E-state index in [1.807, 2.05) is 29.7 Å². The molecule has 9 heteroatoms. The fourth-order valence-corrected chi connectivity index (χ4v) is 5.99. The first-order chi connectivity index (χ1) is 17.7. The Morgan fingerprint density at radius 3 is 2.70 bits per heavy atom. The minimum absolute atomic E-state index is 0.0322. The number of carbonyl (C=O) groups excluding carboxylic acids is 3. The quantitative estimate of drug-likeness (QED) is 0.492. The molecule has 2 saturated heterocycles. The third-order valence-corrected chi connectivity index (χ3v) is 8.40. The van der Waals surface area contributed by atoms with E-state index in [1.165, 1.54) is 11.0 Å². The fraction of sp³-hybridized carbons (Fsp3) is 0.536. The van der Waals surface area contributed by atoms with E-state index in [0.717, 1.165) is 29.9 Å². The number of amides is 2. The Hall–Kier alpha value is -2.81. The number of ether oxygens (including phenoxy) is 1. The lowest BCUT2D eigenvalue weighted by atomic mass is 9.75. The average Bonchev–Trinajstić information content (AvgIpc) is 3.26. The fourth-order valence-electron chi connectivity index (χ4n) is 5.08. The summed E-state index contributed by atoms with van der Waals surface area (Å²) in [7, 11) is 0. The molecule has 2 fully saturated rings. The van der Waals surface area contributed by atoms with Crippen LogP contribution in [0.15, 0.2) is 41.5 Å². The molecule has 2 amide bonds. The number of rotatable bonds is 9. The molecule has 4 rings (SSSR count). The number of cyclic esters (lactones) is 1. The Kier molecular flexibility index (Phi) is 8.62. The van der Waals surface area contributed by atoms with Gasteiger partial charge in [-0.15, -0.1) is 0 Å². The molecule has 3 aliphatic rings. The summed E-state index contributed by atoms with van der Waals surface area (Å²) in [6.45, 7) is 8.08. The van der Waals surface area contributed by atoms with Crippen molar-refractivity contribution in [3.05, 3.63) is 47.3 Å². The molecule has 200 valence electrons. The molecule has 0 bridgehead atoms. The molecule has 37 heavy (non-hydrogen) atoms. The van der Waals surface area contributed by atoms with Gasteiger partial charge in [0.2, 0.25) is 5.91 Å². The van der Waals surface area contributed by atoms with Gasteiger partial charge < -0.3 is 15.0 Å². The Morgan fingerprint density at radius 2 is 2.00 bits per heavy atom. The average molecular weight is 530 g/mol. The Bertz CT molecular complexity index is 1110. The third-order valence-electron chi connectivity index (χ3n) is 7.45. The maximum Gasteiger partial charge on any atom is 0.414 e. The zero-order chi connectivity index (χ0) is 26.6. The number of halogens is 1. The SMILES string of the molecule is CC[C@]1(C)C=CC(C(=O)CCC(=O)NCC2CN(c3cccc(F)c3N3CCSCC3)C(=O)O2)=C(C)C1. The van der Waals surface area contributed by atoms with Gasteiger partial charge in [-0.3, -0.25) is 14.5 Å². The molecule has 2 aliphatic heterocycles. The van der Waals surface area contributed by atoms with Crippen molar-refractivity contribution in [3.8, 4) is 0 Å². The highest BCUT2D eigenvalue weighted by Gasteiger charge is 2.35. The standard InChI is InChI=1S/C28H36FN3O4S/c1-4-28(3)11-10-21(19(2)16-28)24(33)8-9-25(34)30-17-20-18-32(27(35)36-20)23-7-5-6-22(29)26(23)31-12-14-37-15-13-31/h5-7,10-11,20H,4,8-9,12-18H2,1-3H3,(H,30,34)/t20?,28-/m1/s1. The van der Waals surface area contributed by atoms with Crippen LogP contribution in [0.2, 0.25) is 0 Å². The molecular formula is C28H36FN3O4S. The molecule has 1 aromatic carbocycles. The molecule has 0 radical (unpaired) electrons. The van der Waals surface area contributed by atoms with Crippen molar-refractivity contribution < 1.29 is 23.5 Å². The van der Waals surface area contributed by atoms with Crippen molar-refractivity contribution in [2.75, 3.05) is 47.5 Å². The normalized spacial score (nSPS) is 23.9. The summed E-state index contributed by atoms with van der Waals surface area (Å²) in [5, 5.41) is 2.78. The van der Waals surface area contributed by atoms with E-state index in [9.17, 15) is 18.8 Å². The van der Waals surface area contributed by atoms with Gasteiger partial charge in [0.15, 0.2) is 5.78 Å². The number of para-hydroxylation sites is 1. The van der Waals surface area contributed by atoms with Crippen LogP contribution in [-0.4, -0.2) is 61.6 Å². The lowest BCUT2D eigenvalue weighted by Gasteiger charge is -2.32. The van der Waals surface area contributed by atoms with Crippen molar-refractivity contribution in [1.82, 2.24) is 5.32 Å². The van der Waals surface area contributed by atoms with Crippen molar-refractivity contribution in [1.29, 1.82) is 0 Å². The third kappa shape index (κ3) is 6.37. The van der Waals surface area contributed by atoms with E-state index in [1.54, 1.807) is 12.1 Å². The number of ketones is 1. The molecule has 1 unspecified atom stereocenters. The van der Waals surface area contributed by atoms with Crippen molar-refractivity contribution in [2.24, 2.45) is 5.41 Å². The van der Waals surface area contributed by atoms with Gasteiger partial charge in [-0.1, -0.05) is 37.6 Å². The van der Waals surface area contributed by atoms with E-state index in [4.69, 9.17) is 4.74 Å². The molecule has 0 saturated carbocycles. The highest BCUT2D eigenvalue weighted by molar-refractivity contribution is 7.99. The van der Waals surface area contributed by atoms with Crippen LogP contribution >= 0.6 is 11.8 Å². The zero-order valence-corrected chi connectivity index (χ0v) is 22.7. The first-order valence-electron chi connectivity index (χ1n) is 13.0. The Labute approximate surface area is 222 Å². The molecule has 0 spiro atoms. The van der Waals surface area contributed by atoms with Crippen molar-refractivity contribution >= 4 is 40.9 Å². The minimum atomic E-state index is -0.557. The van der Waals surface area contributed by atoms with Crippen LogP contribution in [0.1, 0.15) is 46.5 Å². The number of nitrogens with one attached hydrogen (secondary N) is 1. The summed E-state index contributed by atoms with van der Waals surface area (Å²) in [4.78, 5) is 41.2. The van der Waals surface area contributed by atoms with Crippen LogP contribution in [0.3, 0.4) is 0 Å². The van der Waals surface area contributed by atoms with E-state index < -0.39 is 12.2 Å². The summed E-state index contributed by atoms with van der Waals surface area (Å²) >= 11 is 1.83. The van der Waals surface area contributed by atoms with Crippen molar-refractivity contribution in [2.45, 2.75) is 52.6 Å². The van der Waals surface area contributed by atoms with Crippen LogP contribution in [0.4, 0.5) is 20.6 Å². The number of nitrogens with zero attached hydrogens (tertiary/aromatic N) is 2. The zero-order valence-electron chi connectivity index (χ0n) is 21.8. The van der Waals surface area contributed by atoms with Gasteiger partial charge in [0.05, 0.1) is 24.5 Å². The first-order valence-corrected chi connectivity index (χ1v) is 14.1. The molecule has 1 aromatic rings. The van der Waals surface area contributed by atoms with Crippen LogP contribution < -0.4 is 15.1 Å². The van der Waals surface area contributed by atoms with Crippen LogP contribution in [0.5, 0.6) is 0 Å². The Balaban J connectivity index is 1.29. The molecular weight excluding hydrogens is 493 g/mol. The summed E-state index contributed by atoms with van der Waals surface area (Å²) in [6, 6.07) is 4.73. The maximum atomic E-state index is 14.8. The van der Waals surface area contributed by atoms with Crippen LogP contribution in [0.25, 0.3) is 0 Å². The first kappa shape index (κ1) is 27.2. The summed E-state index contributed by atoms with van der Waals surface area (Å²) in [5.74, 6) is 1.14. The number of thioether (sulfide) groups is 1. The smallest absolute Gasteiger partial charge is 0.414 e. The second-order valence-electron chi connectivity index (χ2n) is 10.3. The monoisotopic (exact) mass is 529 g/mol. The van der Waals surface area contributed by atoms with E-state index in [-0.39, 0.29) is 48.9 Å². The number of anilines is 2. The predicted octanol–water partition coefficient (Wildman–Crippen LogP) is 4.86.